The van der Waals surface area contributed by atoms with Gasteiger partial charge in [0.2, 0.25) is 0 Å². The molecule has 1 heterocycles. The smallest absolute Gasteiger partial charge is 0.408 e. The molecule has 3 fully saturated rings. The molecular formula is C49H57NO14. The molecule has 342 valence electrons. The number of aliphatic hydroxyl groups is 4. The van der Waals surface area contributed by atoms with Crippen LogP contribution in [0.5, 0.6) is 0 Å². The van der Waals surface area contributed by atoms with Gasteiger partial charge in [-0.2, -0.15) is 0 Å². The van der Waals surface area contributed by atoms with Crippen molar-refractivity contribution in [2.75, 3.05) is 6.61 Å². The number of carbonyl (C=O) groups is 5. The summed E-state index contributed by atoms with van der Waals surface area (Å²) < 4.78 is 29.8. The van der Waals surface area contributed by atoms with Gasteiger partial charge in [0.15, 0.2) is 17.5 Å². The zero-order chi connectivity index (χ0) is 46.7. The lowest BCUT2D eigenvalue weighted by molar-refractivity contribution is -0.346. The van der Waals surface area contributed by atoms with Crippen LogP contribution in [0.15, 0.2) is 96.1 Å². The molecule has 1 amide bonds. The topological polar surface area (TPSA) is 224 Å². The van der Waals surface area contributed by atoms with Gasteiger partial charge in [-0.05, 0) is 74.6 Å². The number of esters is 3. The van der Waals surface area contributed by atoms with E-state index >= 15 is 4.79 Å². The zero-order valence-electron chi connectivity index (χ0n) is 37.2. The Labute approximate surface area is 371 Å². The van der Waals surface area contributed by atoms with Crippen molar-refractivity contribution in [3.05, 3.63) is 107 Å². The molecule has 3 aromatic carbocycles. The van der Waals surface area contributed by atoms with Gasteiger partial charge in [0.25, 0.3) is 0 Å². The largest absolute Gasteiger partial charge is 0.456 e. The van der Waals surface area contributed by atoms with Crippen molar-refractivity contribution in [1.29, 1.82) is 0 Å². The van der Waals surface area contributed by atoms with Crippen LogP contribution in [0.2, 0.25) is 0 Å². The predicted molar refractivity (Wildman–Crippen MR) is 229 cm³/mol. The van der Waals surface area contributed by atoms with Crippen molar-refractivity contribution in [3.63, 3.8) is 0 Å². The Morgan fingerprint density at radius 2 is 1.47 bits per heavy atom. The molecular weight excluding hydrogens is 827 g/mol. The van der Waals surface area contributed by atoms with Crippen LogP contribution in [0.1, 0.15) is 90.2 Å². The molecule has 3 aromatic rings. The summed E-state index contributed by atoms with van der Waals surface area (Å²) in [6, 6.07) is 22.7. The van der Waals surface area contributed by atoms with Crippen LogP contribution in [0.4, 0.5) is 4.79 Å². The molecule has 15 heteroatoms. The number of rotatable bonds is 9. The minimum Gasteiger partial charge on any atom is -0.456 e. The van der Waals surface area contributed by atoms with E-state index in [0.717, 1.165) is 18.1 Å². The molecule has 0 radical (unpaired) electrons. The van der Waals surface area contributed by atoms with Crippen LogP contribution in [-0.4, -0.2) is 110 Å². The Balaban J connectivity index is 1.32. The quantitative estimate of drug-likeness (QED) is 0.109. The number of benzene rings is 3. The van der Waals surface area contributed by atoms with Gasteiger partial charge in [0.1, 0.15) is 35.6 Å². The standard InChI is InChI=1S/C49H57NO14/c1-26-32(61-43(57)38(54)36(50-44(58)64-45(3,4)5)30-21-19-29(20-22-30)28-15-11-9-12-16-28)24-49(59)41(62-42(56)31-17-13-10-14-18-31)39-47(8,40(55)37(53)35(26)46(49,6)7)33(52)23-34-48(39,25-60-34)63-27(2)51/h9-22,32-34,36-39,41,52-54,59H,23-25H2,1-8H3,(H,50,58)/t32-,33-,34+,36-,37+,38+,39-,41-,47+,48-,49+/m0/s1. The number of fused-ring (bicyclic) bond motifs is 5. The van der Waals surface area contributed by atoms with Crippen LogP contribution >= 0.6 is 0 Å². The van der Waals surface area contributed by atoms with Crippen LogP contribution in [0.25, 0.3) is 11.1 Å². The van der Waals surface area contributed by atoms with Gasteiger partial charge in [-0.25, -0.2) is 14.4 Å². The van der Waals surface area contributed by atoms with Crippen molar-refractivity contribution in [2.45, 2.75) is 128 Å². The maximum atomic E-state index is 15.1. The summed E-state index contributed by atoms with van der Waals surface area (Å²) in [6.07, 6.45) is -11.6. The summed E-state index contributed by atoms with van der Waals surface area (Å²) >= 11 is 0. The SMILES string of the molecule is CC(=O)O[C@@]12CO[C@@H]1C[C@H](O)[C@@]1(C)C(=O)[C@H](O)C3=C(C)[C@@H](OC(=O)[C@H](O)[C@@H](NC(=O)OC(C)(C)C)c4ccc(-c5ccccc5)cc4)C[C@@](O)([C@@H](OC(=O)c4ccccc4)[C@H]21)C3(C)C. The summed E-state index contributed by atoms with van der Waals surface area (Å²) in [5, 5.41) is 52.2. The van der Waals surface area contributed by atoms with Gasteiger partial charge < -0.3 is 49.4 Å². The number of ketones is 1. The molecule has 4 aliphatic rings. The minimum absolute atomic E-state index is 0.0698. The third-order valence-corrected chi connectivity index (χ3v) is 13.8. The second-order valence-corrected chi connectivity index (χ2v) is 19.2. The van der Waals surface area contributed by atoms with E-state index in [1.807, 2.05) is 30.3 Å². The zero-order valence-corrected chi connectivity index (χ0v) is 37.2. The van der Waals surface area contributed by atoms with Crippen molar-refractivity contribution >= 4 is 29.8 Å². The van der Waals surface area contributed by atoms with Crippen molar-refractivity contribution in [1.82, 2.24) is 5.32 Å². The fourth-order valence-electron chi connectivity index (χ4n) is 10.4. The molecule has 0 aromatic heterocycles. The average molecular weight is 884 g/mol. The number of aliphatic hydroxyl groups excluding tert-OH is 3. The van der Waals surface area contributed by atoms with Gasteiger partial charge in [0, 0.05) is 25.2 Å². The first-order valence-corrected chi connectivity index (χ1v) is 21.4. The highest BCUT2D eigenvalue weighted by molar-refractivity contribution is 5.94. The highest BCUT2D eigenvalue weighted by atomic mass is 16.6. The highest BCUT2D eigenvalue weighted by Gasteiger charge is 2.78. The average Bonchev–Trinajstić information content (AvgIpc) is 3.23. The van der Waals surface area contributed by atoms with E-state index in [9.17, 15) is 39.6 Å². The molecule has 2 saturated carbocycles. The molecule has 64 heavy (non-hydrogen) atoms. The van der Waals surface area contributed by atoms with E-state index in [4.69, 9.17) is 23.7 Å². The summed E-state index contributed by atoms with van der Waals surface area (Å²) in [4.78, 5) is 69.8. The number of nitrogens with one attached hydrogen (secondary N) is 1. The van der Waals surface area contributed by atoms with Crippen LogP contribution in [0.3, 0.4) is 0 Å². The number of carbonyl (C=O) groups excluding carboxylic acids is 5. The first kappa shape index (κ1) is 46.5. The lowest BCUT2D eigenvalue weighted by atomic mass is 9.44. The molecule has 2 bridgehead atoms. The fraction of sp³-hybridized carbons (Fsp3) is 0.490. The summed E-state index contributed by atoms with van der Waals surface area (Å²) in [5.74, 6) is -5.40. The molecule has 0 spiro atoms. The Kier molecular flexibility index (Phi) is 12.2. The lowest BCUT2D eigenvalue weighted by Crippen LogP contribution is -2.81. The predicted octanol–water partition coefficient (Wildman–Crippen LogP) is 4.93. The van der Waals surface area contributed by atoms with Crippen molar-refractivity contribution in [2.24, 2.45) is 16.7 Å². The van der Waals surface area contributed by atoms with Crippen LogP contribution in [-0.2, 0) is 38.1 Å². The van der Waals surface area contributed by atoms with E-state index in [2.05, 4.69) is 5.32 Å². The van der Waals surface area contributed by atoms with E-state index in [1.165, 1.54) is 26.0 Å². The number of amides is 1. The summed E-state index contributed by atoms with van der Waals surface area (Å²) in [6.45, 7) is 11.8. The van der Waals surface area contributed by atoms with E-state index in [0.29, 0.717) is 5.56 Å². The van der Waals surface area contributed by atoms with Gasteiger partial charge in [-0.3, -0.25) is 9.59 Å². The van der Waals surface area contributed by atoms with Crippen LogP contribution < -0.4 is 5.32 Å². The van der Waals surface area contributed by atoms with Gasteiger partial charge in [-0.1, -0.05) is 86.6 Å². The molecule has 7 rings (SSSR count). The first-order valence-electron chi connectivity index (χ1n) is 21.4. The number of ether oxygens (including phenoxy) is 5. The van der Waals surface area contributed by atoms with Gasteiger partial charge >= 0.3 is 24.0 Å². The molecule has 5 N–H and O–H groups in total. The summed E-state index contributed by atoms with van der Waals surface area (Å²) in [5.41, 5.74) is -6.53. The number of alkyl carbamates (subject to hydrolysis) is 1. The Hall–Kier alpha value is -5.45. The van der Waals surface area contributed by atoms with Gasteiger partial charge in [-0.15, -0.1) is 0 Å². The third kappa shape index (κ3) is 7.91. The highest BCUT2D eigenvalue weighted by Crippen LogP contribution is 2.64. The number of hydrogen-bond donors (Lipinski definition) is 5. The van der Waals surface area contributed by atoms with Gasteiger partial charge in [0.05, 0.1) is 35.6 Å². The minimum atomic E-state index is -2.37. The second-order valence-electron chi connectivity index (χ2n) is 19.2. The maximum absolute atomic E-state index is 15.1. The third-order valence-electron chi connectivity index (χ3n) is 13.8. The van der Waals surface area contributed by atoms with Crippen LogP contribution in [0, 0.1) is 16.7 Å². The molecule has 1 aliphatic heterocycles. The fourth-order valence-corrected chi connectivity index (χ4v) is 10.4. The van der Waals surface area contributed by atoms with E-state index in [1.54, 1.807) is 77.1 Å². The number of hydrogen-bond acceptors (Lipinski definition) is 14. The first-order chi connectivity index (χ1) is 30.0. The maximum Gasteiger partial charge on any atom is 0.408 e. The lowest BCUT2D eigenvalue weighted by Gasteiger charge is -2.67. The molecule has 1 saturated heterocycles. The molecule has 0 unspecified atom stereocenters. The van der Waals surface area contributed by atoms with E-state index in [-0.39, 0.29) is 29.7 Å². The van der Waals surface area contributed by atoms with E-state index < -0.39 is 112 Å². The monoisotopic (exact) mass is 883 g/mol. The summed E-state index contributed by atoms with van der Waals surface area (Å²) in [7, 11) is 0. The second kappa shape index (κ2) is 16.8. The number of Topliss-reactive ketones (excluding diaryl/α,β-unsaturated/α-hetero) is 1. The Morgan fingerprint density at radius 1 is 0.875 bits per heavy atom. The van der Waals surface area contributed by atoms with Crippen molar-refractivity contribution < 1.29 is 68.1 Å². The molecule has 15 nitrogen and oxygen atoms in total. The molecule has 11 atom stereocenters. The molecule has 3 aliphatic carbocycles. The Morgan fingerprint density at radius 3 is 2.03 bits per heavy atom. The van der Waals surface area contributed by atoms with Crippen molar-refractivity contribution in [3.8, 4) is 11.1 Å². The normalized spacial score (nSPS) is 31.6. The Bertz CT molecular complexity index is 2320.